The number of aromatic nitrogens is 2. The first-order valence-electron chi connectivity index (χ1n) is 8.70. The predicted molar refractivity (Wildman–Crippen MR) is 88.4 cm³/mol. The first-order chi connectivity index (χ1) is 11.4. The van der Waals surface area contributed by atoms with Crippen molar-refractivity contribution in [3.8, 4) is 0 Å². The van der Waals surface area contributed by atoms with E-state index in [0.717, 1.165) is 24.1 Å². The SMILES string of the molecule is CC1CC(C(=O)NCC2Cc3c(C(=O)NC(C)C)n[nH]c3CO2)C1. The van der Waals surface area contributed by atoms with Gasteiger partial charge >= 0.3 is 0 Å². The Morgan fingerprint density at radius 3 is 2.79 bits per heavy atom. The third kappa shape index (κ3) is 3.61. The summed E-state index contributed by atoms with van der Waals surface area (Å²) in [5, 5.41) is 12.9. The van der Waals surface area contributed by atoms with Crippen LogP contribution >= 0.6 is 0 Å². The Balaban J connectivity index is 1.56. The topological polar surface area (TPSA) is 96.1 Å². The number of hydrogen-bond donors (Lipinski definition) is 3. The number of H-pyrrole nitrogens is 1. The zero-order valence-electron chi connectivity index (χ0n) is 14.5. The Morgan fingerprint density at radius 2 is 2.12 bits per heavy atom. The van der Waals surface area contributed by atoms with Crippen LogP contribution in [-0.4, -0.2) is 40.7 Å². The van der Waals surface area contributed by atoms with Gasteiger partial charge in [0.2, 0.25) is 5.91 Å². The lowest BCUT2D eigenvalue weighted by Gasteiger charge is -2.32. The lowest BCUT2D eigenvalue weighted by atomic mass is 9.75. The Bertz CT molecular complexity index is 619. The van der Waals surface area contributed by atoms with Crippen molar-refractivity contribution < 1.29 is 14.3 Å². The van der Waals surface area contributed by atoms with Crippen LogP contribution in [0.2, 0.25) is 0 Å². The molecule has 3 N–H and O–H groups in total. The third-order valence-corrected chi connectivity index (χ3v) is 4.73. The highest BCUT2D eigenvalue weighted by atomic mass is 16.5. The van der Waals surface area contributed by atoms with Gasteiger partial charge in [-0.05, 0) is 32.6 Å². The summed E-state index contributed by atoms with van der Waals surface area (Å²) in [5.74, 6) is 0.755. The number of aromatic amines is 1. The molecule has 132 valence electrons. The number of fused-ring (bicyclic) bond motifs is 1. The van der Waals surface area contributed by atoms with E-state index in [1.807, 2.05) is 13.8 Å². The van der Waals surface area contributed by atoms with Crippen molar-refractivity contribution >= 4 is 11.8 Å². The van der Waals surface area contributed by atoms with Crippen molar-refractivity contribution in [2.75, 3.05) is 6.54 Å². The van der Waals surface area contributed by atoms with Crippen LogP contribution in [0, 0.1) is 11.8 Å². The van der Waals surface area contributed by atoms with Gasteiger partial charge < -0.3 is 15.4 Å². The van der Waals surface area contributed by atoms with Crippen molar-refractivity contribution in [2.45, 2.75) is 58.8 Å². The monoisotopic (exact) mass is 334 g/mol. The van der Waals surface area contributed by atoms with E-state index in [9.17, 15) is 9.59 Å². The Labute approximate surface area is 141 Å². The Hall–Kier alpha value is -1.89. The number of carbonyl (C=O) groups is 2. The van der Waals surface area contributed by atoms with Crippen molar-refractivity contribution in [2.24, 2.45) is 11.8 Å². The molecule has 1 atom stereocenters. The van der Waals surface area contributed by atoms with Crippen LogP contribution in [0.5, 0.6) is 0 Å². The molecule has 1 aromatic heterocycles. The number of amides is 2. The summed E-state index contributed by atoms with van der Waals surface area (Å²) in [4.78, 5) is 24.3. The van der Waals surface area contributed by atoms with Gasteiger partial charge in [0.15, 0.2) is 5.69 Å². The van der Waals surface area contributed by atoms with E-state index in [4.69, 9.17) is 4.74 Å². The molecule has 3 rings (SSSR count). The number of rotatable bonds is 5. The lowest BCUT2D eigenvalue weighted by Crippen LogP contribution is -2.43. The maximum Gasteiger partial charge on any atom is 0.272 e. The van der Waals surface area contributed by atoms with E-state index in [2.05, 4.69) is 27.8 Å². The molecule has 1 saturated carbocycles. The fourth-order valence-electron chi connectivity index (χ4n) is 3.35. The fraction of sp³-hybridized carbons (Fsp3) is 0.706. The molecule has 1 aliphatic heterocycles. The summed E-state index contributed by atoms with van der Waals surface area (Å²) in [6.45, 7) is 6.86. The van der Waals surface area contributed by atoms with Crippen LogP contribution < -0.4 is 10.6 Å². The molecule has 0 bridgehead atoms. The van der Waals surface area contributed by atoms with Crippen molar-refractivity contribution in [1.29, 1.82) is 0 Å². The van der Waals surface area contributed by atoms with Gasteiger partial charge in [0.05, 0.1) is 18.4 Å². The minimum Gasteiger partial charge on any atom is -0.370 e. The number of hydrogen-bond acceptors (Lipinski definition) is 4. The summed E-state index contributed by atoms with van der Waals surface area (Å²) < 4.78 is 5.76. The van der Waals surface area contributed by atoms with Crippen molar-refractivity contribution in [1.82, 2.24) is 20.8 Å². The van der Waals surface area contributed by atoms with E-state index < -0.39 is 0 Å². The maximum absolute atomic E-state index is 12.2. The van der Waals surface area contributed by atoms with Crippen LogP contribution in [0.25, 0.3) is 0 Å². The van der Waals surface area contributed by atoms with Gasteiger partial charge in [-0.15, -0.1) is 0 Å². The average Bonchev–Trinajstić information content (AvgIpc) is 2.92. The zero-order chi connectivity index (χ0) is 17.3. The number of nitrogens with zero attached hydrogens (tertiary/aromatic N) is 1. The molecular weight excluding hydrogens is 308 g/mol. The molecule has 1 fully saturated rings. The minimum absolute atomic E-state index is 0.0599. The standard InChI is InChI=1S/C17H26N4O3/c1-9(2)19-17(23)15-13-6-12(24-8-14(13)20-21-15)7-18-16(22)11-4-10(3)5-11/h9-12H,4-8H2,1-3H3,(H,18,22)(H,19,23)(H,20,21). The largest absolute Gasteiger partial charge is 0.370 e. The normalized spacial score (nSPS) is 25.8. The maximum atomic E-state index is 12.2. The molecule has 1 aliphatic carbocycles. The summed E-state index contributed by atoms with van der Waals surface area (Å²) in [7, 11) is 0. The molecule has 2 amide bonds. The van der Waals surface area contributed by atoms with Crippen molar-refractivity contribution in [3.63, 3.8) is 0 Å². The molecular formula is C17H26N4O3. The number of nitrogens with one attached hydrogen (secondary N) is 3. The molecule has 0 radical (unpaired) electrons. The molecule has 1 unspecified atom stereocenters. The molecule has 0 spiro atoms. The molecule has 2 aliphatic rings. The van der Waals surface area contributed by atoms with E-state index in [1.54, 1.807) is 0 Å². The van der Waals surface area contributed by atoms with Gasteiger partial charge in [0, 0.05) is 30.5 Å². The lowest BCUT2D eigenvalue weighted by molar-refractivity contribution is -0.129. The van der Waals surface area contributed by atoms with Crippen LogP contribution in [0.15, 0.2) is 0 Å². The molecule has 7 heteroatoms. The molecule has 0 saturated heterocycles. The second-order valence-electron chi connectivity index (χ2n) is 7.31. The van der Waals surface area contributed by atoms with Gasteiger partial charge in [-0.25, -0.2) is 0 Å². The van der Waals surface area contributed by atoms with Crippen LogP contribution in [0.3, 0.4) is 0 Å². The molecule has 24 heavy (non-hydrogen) atoms. The summed E-state index contributed by atoms with van der Waals surface area (Å²) in [5.41, 5.74) is 2.18. The van der Waals surface area contributed by atoms with E-state index >= 15 is 0 Å². The first-order valence-corrected chi connectivity index (χ1v) is 8.70. The second-order valence-corrected chi connectivity index (χ2v) is 7.31. The molecule has 2 heterocycles. The zero-order valence-corrected chi connectivity index (χ0v) is 14.5. The van der Waals surface area contributed by atoms with E-state index in [1.165, 1.54) is 0 Å². The van der Waals surface area contributed by atoms with E-state index in [0.29, 0.717) is 31.2 Å². The highest BCUT2D eigenvalue weighted by Crippen LogP contribution is 2.33. The van der Waals surface area contributed by atoms with Gasteiger partial charge in [-0.2, -0.15) is 5.10 Å². The summed E-state index contributed by atoms with van der Waals surface area (Å²) >= 11 is 0. The molecule has 7 nitrogen and oxygen atoms in total. The van der Waals surface area contributed by atoms with Crippen molar-refractivity contribution in [3.05, 3.63) is 17.0 Å². The highest BCUT2D eigenvalue weighted by Gasteiger charge is 2.32. The van der Waals surface area contributed by atoms with Crippen LogP contribution in [0.1, 0.15) is 55.4 Å². The first kappa shape index (κ1) is 17.0. The van der Waals surface area contributed by atoms with Gasteiger partial charge in [-0.3, -0.25) is 14.7 Å². The predicted octanol–water partition coefficient (Wildman–Crippen LogP) is 1.15. The second kappa shape index (κ2) is 6.93. The number of carbonyl (C=O) groups excluding carboxylic acids is 2. The quantitative estimate of drug-likeness (QED) is 0.753. The average molecular weight is 334 g/mol. The minimum atomic E-state index is -0.171. The fourth-order valence-corrected chi connectivity index (χ4v) is 3.35. The Morgan fingerprint density at radius 1 is 1.38 bits per heavy atom. The molecule has 0 aromatic carbocycles. The number of ether oxygens (including phenoxy) is 1. The van der Waals surface area contributed by atoms with E-state index in [-0.39, 0.29) is 29.9 Å². The van der Waals surface area contributed by atoms with Crippen LogP contribution in [-0.2, 0) is 22.6 Å². The highest BCUT2D eigenvalue weighted by molar-refractivity contribution is 5.94. The third-order valence-electron chi connectivity index (χ3n) is 4.73. The smallest absolute Gasteiger partial charge is 0.272 e. The summed E-state index contributed by atoms with van der Waals surface area (Å²) in [6.07, 6.45) is 2.40. The Kier molecular flexibility index (Phi) is 4.89. The van der Waals surface area contributed by atoms with Gasteiger partial charge in [0.25, 0.3) is 5.91 Å². The van der Waals surface area contributed by atoms with Gasteiger partial charge in [-0.1, -0.05) is 6.92 Å². The van der Waals surface area contributed by atoms with Crippen LogP contribution in [0.4, 0.5) is 0 Å². The van der Waals surface area contributed by atoms with Gasteiger partial charge in [0.1, 0.15) is 0 Å². The summed E-state index contributed by atoms with van der Waals surface area (Å²) in [6, 6.07) is 0.0599. The molecule has 1 aromatic rings.